The summed E-state index contributed by atoms with van der Waals surface area (Å²) in [5, 5.41) is 3.37. The van der Waals surface area contributed by atoms with Gasteiger partial charge in [0.15, 0.2) is 0 Å². The second kappa shape index (κ2) is 4.70. The number of fused-ring (bicyclic) bond motifs is 1. The van der Waals surface area contributed by atoms with E-state index < -0.39 is 0 Å². The lowest BCUT2D eigenvalue weighted by Crippen LogP contribution is -2.27. The highest BCUT2D eigenvalue weighted by Gasteiger charge is 2.20. The molecule has 4 heteroatoms. The second-order valence-corrected chi connectivity index (χ2v) is 5.01. The second-order valence-electron chi connectivity index (χ2n) is 5.01. The van der Waals surface area contributed by atoms with Crippen molar-refractivity contribution in [2.24, 2.45) is 5.92 Å². The van der Waals surface area contributed by atoms with Gasteiger partial charge in [-0.15, -0.1) is 0 Å². The van der Waals surface area contributed by atoms with Gasteiger partial charge in [-0.3, -0.25) is 0 Å². The lowest BCUT2D eigenvalue weighted by Gasteiger charge is -2.19. The third-order valence-electron chi connectivity index (χ3n) is 3.68. The molecular weight excluding hydrogens is 214 g/mol. The number of aryl methyl sites for hydroxylation is 1. The first kappa shape index (κ1) is 11.1. The predicted octanol–water partition coefficient (Wildman–Crippen LogP) is 1.01. The fourth-order valence-electron chi connectivity index (χ4n) is 2.67. The molecule has 1 fully saturated rings. The highest BCUT2D eigenvalue weighted by atomic mass is 16.5. The molecule has 1 aromatic heterocycles. The molecule has 0 saturated carbocycles. The molecule has 3 rings (SSSR count). The fourth-order valence-corrected chi connectivity index (χ4v) is 2.67. The van der Waals surface area contributed by atoms with Gasteiger partial charge in [0.25, 0.3) is 0 Å². The minimum atomic E-state index is 0.620. The third-order valence-corrected chi connectivity index (χ3v) is 3.68. The fraction of sp³-hybridized carbons (Fsp3) is 0.692. The normalized spacial score (nSPS) is 23.7. The molecule has 1 saturated heterocycles. The van der Waals surface area contributed by atoms with E-state index in [1.165, 1.54) is 11.3 Å². The van der Waals surface area contributed by atoms with E-state index in [1.807, 2.05) is 0 Å². The van der Waals surface area contributed by atoms with Crippen LogP contribution in [0.3, 0.4) is 0 Å². The molecule has 3 heterocycles. The molecule has 0 spiro atoms. The summed E-state index contributed by atoms with van der Waals surface area (Å²) in [7, 11) is 0. The van der Waals surface area contributed by atoms with Gasteiger partial charge < -0.3 is 10.1 Å². The van der Waals surface area contributed by atoms with Crippen LogP contribution in [0.4, 0.5) is 0 Å². The molecule has 1 aromatic rings. The maximum absolute atomic E-state index is 5.41. The molecule has 0 aromatic carbocycles. The van der Waals surface area contributed by atoms with Gasteiger partial charge in [-0.25, -0.2) is 9.97 Å². The Hall–Kier alpha value is -1.00. The molecule has 1 unspecified atom stereocenters. The molecule has 1 N–H and O–H groups in total. The van der Waals surface area contributed by atoms with Crippen molar-refractivity contribution in [3.8, 4) is 0 Å². The van der Waals surface area contributed by atoms with Gasteiger partial charge in [-0.1, -0.05) is 0 Å². The van der Waals surface area contributed by atoms with Crippen LogP contribution in [0.5, 0.6) is 0 Å². The summed E-state index contributed by atoms with van der Waals surface area (Å²) < 4.78 is 5.41. The first-order valence-electron chi connectivity index (χ1n) is 6.46. The highest BCUT2D eigenvalue weighted by molar-refractivity contribution is 5.27. The van der Waals surface area contributed by atoms with Crippen molar-refractivity contribution in [3.63, 3.8) is 0 Å². The van der Waals surface area contributed by atoms with Crippen molar-refractivity contribution in [1.82, 2.24) is 15.3 Å². The summed E-state index contributed by atoms with van der Waals surface area (Å²) in [4.78, 5) is 9.37. The molecule has 0 amide bonds. The Morgan fingerprint density at radius 2 is 2.35 bits per heavy atom. The molecular formula is C13H19N3O. The number of hydrogen-bond acceptors (Lipinski definition) is 4. The molecule has 0 radical (unpaired) electrons. The van der Waals surface area contributed by atoms with E-state index >= 15 is 0 Å². The Morgan fingerprint density at radius 3 is 3.18 bits per heavy atom. The van der Waals surface area contributed by atoms with E-state index in [0.717, 1.165) is 57.1 Å². The zero-order valence-corrected chi connectivity index (χ0v) is 10.3. The monoisotopic (exact) mass is 233 g/mol. The average molecular weight is 233 g/mol. The number of hydrogen-bond donors (Lipinski definition) is 1. The number of ether oxygens (including phenoxy) is 1. The Balaban J connectivity index is 1.82. The molecule has 0 bridgehead atoms. The molecule has 92 valence electrons. The maximum Gasteiger partial charge on any atom is 0.129 e. The standard InChI is InChI=1S/C13H19N3O/c1-9-11-7-14-4-2-12(11)16-13(15-9)6-10-3-5-17-8-10/h10,14H,2-8H2,1H3. The Bertz CT molecular complexity index is 413. The maximum atomic E-state index is 5.41. The first-order chi connectivity index (χ1) is 8.33. The first-order valence-corrected chi connectivity index (χ1v) is 6.46. The van der Waals surface area contributed by atoms with Gasteiger partial charge in [0.2, 0.25) is 0 Å². The minimum Gasteiger partial charge on any atom is -0.381 e. The Morgan fingerprint density at radius 1 is 1.41 bits per heavy atom. The highest BCUT2D eigenvalue weighted by Crippen LogP contribution is 2.19. The van der Waals surface area contributed by atoms with Gasteiger partial charge in [-0.2, -0.15) is 0 Å². The van der Waals surface area contributed by atoms with Crippen molar-refractivity contribution >= 4 is 0 Å². The van der Waals surface area contributed by atoms with Crippen LogP contribution in [0.25, 0.3) is 0 Å². The van der Waals surface area contributed by atoms with Crippen LogP contribution in [0.15, 0.2) is 0 Å². The van der Waals surface area contributed by atoms with Crippen molar-refractivity contribution in [2.75, 3.05) is 19.8 Å². The van der Waals surface area contributed by atoms with E-state index in [0.29, 0.717) is 5.92 Å². The quantitative estimate of drug-likeness (QED) is 0.828. The molecule has 1 atom stereocenters. The van der Waals surface area contributed by atoms with Crippen LogP contribution in [0, 0.1) is 12.8 Å². The number of rotatable bonds is 2. The van der Waals surface area contributed by atoms with E-state index in [2.05, 4.69) is 17.2 Å². The van der Waals surface area contributed by atoms with Gasteiger partial charge >= 0.3 is 0 Å². The summed E-state index contributed by atoms with van der Waals surface area (Å²) >= 11 is 0. The van der Waals surface area contributed by atoms with E-state index in [9.17, 15) is 0 Å². The number of nitrogens with one attached hydrogen (secondary N) is 1. The summed E-state index contributed by atoms with van der Waals surface area (Å²) in [6, 6.07) is 0. The smallest absolute Gasteiger partial charge is 0.129 e. The van der Waals surface area contributed by atoms with Crippen LogP contribution in [0.1, 0.15) is 29.2 Å². The Labute approximate surface area is 102 Å². The van der Waals surface area contributed by atoms with E-state index in [4.69, 9.17) is 9.72 Å². The number of nitrogens with zero attached hydrogens (tertiary/aromatic N) is 2. The molecule has 4 nitrogen and oxygen atoms in total. The zero-order valence-electron chi connectivity index (χ0n) is 10.3. The van der Waals surface area contributed by atoms with E-state index in [-0.39, 0.29) is 0 Å². The van der Waals surface area contributed by atoms with Crippen molar-refractivity contribution in [3.05, 3.63) is 22.8 Å². The summed E-state index contributed by atoms with van der Waals surface area (Å²) in [6.45, 7) is 5.84. The topological polar surface area (TPSA) is 47.0 Å². The summed E-state index contributed by atoms with van der Waals surface area (Å²) in [5.41, 5.74) is 3.71. The van der Waals surface area contributed by atoms with Crippen molar-refractivity contribution < 1.29 is 4.74 Å². The minimum absolute atomic E-state index is 0.620. The lowest BCUT2D eigenvalue weighted by atomic mass is 10.0. The van der Waals surface area contributed by atoms with Crippen LogP contribution in [0.2, 0.25) is 0 Å². The SMILES string of the molecule is Cc1nc(CC2CCOC2)nc2c1CNCC2. The zero-order chi connectivity index (χ0) is 11.7. The van der Waals surface area contributed by atoms with Crippen LogP contribution < -0.4 is 5.32 Å². The van der Waals surface area contributed by atoms with E-state index in [1.54, 1.807) is 0 Å². The summed E-state index contributed by atoms with van der Waals surface area (Å²) in [6.07, 6.45) is 3.16. The van der Waals surface area contributed by atoms with Gasteiger partial charge in [0.1, 0.15) is 5.82 Å². The molecule has 2 aliphatic heterocycles. The summed E-state index contributed by atoms with van der Waals surface area (Å²) in [5.74, 6) is 1.63. The third kappa shape index (κ3) is 2.33. The predicted molar refractivity (Wildman–Crippen MR) is 64.8 cm³/mol. The molecule has 17 heavy (non-hydrogen) atoms. The van der Waals surface area contributed by atoms with Crippen LogP contribution in [-0.2, 0) is 24.1 Å². The van der Waals surface area contributed by atoms with Gasteiger partial charge in [0, 0.05) is 50.4 Å². The van der Waals surface area contributed by atoms with Gasteiger partial charge in [-0.05, 0) is 19.3 Å². The van der Waals surface area contributed by atoms with Crippen LogP contribution in [-0.4, -0.2) is 29.7 Å². The Kier molecular flexibility index (Phi) is 3.07. The lowest BCUT2D eigenvalue weighted by molar-refractivity contribution is 0.185. The molecule has 0 aliphatic carbocycles. The molecule has 2 aliphatic rings. The number of aromatic nitrogens is 2. The van der Waals surface area contributed by atoms with Gasteiger partial charge in [0.05, 0.1) is 5.69 Å². The largest absolute Gasteiger partial charge is 0.381 e. The van der Waals surface area contributed by atoms with Crippen molar-refractivity contribution in [2.45, 2.75) is 32.7 Å². The van der Waals surface area contributed by atoms with Crippen molar-refractivity contribution in [1.29, 1.82) is 0 Å². The van der Waals surface area contributed by atoms with Crippen LogP contribution >= 0.6 is 0 Å². The average Bonchev–Trinajstić information content (AvgIpc) is 2.82.